The van der Waals surface area contributed by atoms with Crippen molar-refractivity contribution in [3.8, 4) is 5.75 Å². The average molecular weight is 282 g/mol. The molecule has 0 aliphatic heterocycles. The summed E-state index contributed by atoms with van der Waals surface area (Å²) in [4.78, 5) is 0. The van der Waals surface area contributed by atoms with Crippen LogP contribution in [0.1, 0.15) is 53.5 Å². The van der Waals surface area contributed by atoms with Crippen LogP contribution in [0.4, 0.5) is 0 Å². The molecule has 2 aromatic carbocycles. The van der Waals surface area contributed by atoms with Gasteiger partial charge in [0, 0.05) is 5.56 Å². The lowest BCUT2D eigenvalue weighted by Crippen LogP contribution is -2.10. The number of ether oxygens (including phenoxy) is 1. The first-order valence-corrected chi connectivity index (χ1v) is 7.61. The van der Waals surface area contributed by atoms with Gasteiger partial charge in [0.05, 0.1) is 7.11 Å². The van der Waals surface area contributed by atoms with Gasteiger partial charge in [0.25, 0.3) is 0 Å². The summed E-state index contributed by atoms with van der Waals surface area (Å²) in [5, 5.41) is 10.7. The molecule has 0 bridgehead atoms. The van der Waals surface area contributed by atoms with Crippen LogP contribution in [-0.2, 0) is 0 Å². The maximum Gasteiger partial charge on any atom is 0.125 e. The van der Waals surface area contributed by atoms with E-state index < -0.39 is 6.10 Å². The maximum atomic E-state index is 10.7. The van der Waals surface area contributed by atoms with Crippen LogP contribution in [-0.4, -0.2) is 12.2 Å². The quantitative estimate of drug-likeness (QED) is 0.903. The van der Waals surface area contributed by atoms with Crippen molar-refractivity contribution in [2.75, 3.05) is 7.11 Å². The predicted octanol–water partition coefficient (Wildman–Crippen LogP) is 4.35. The van der Waals surface area contributed by atoms with Gasteiger partial charge in [0.15, 0.2) is 0 Å². The van der Waals surface area contributed by atoms with E-state index in [1.54, 1.807) is 7.11 Å². The smallest absolute Gasteiger partial charge is 0.125 e. The molecule has 0 amide bonds. The summed E-state index contributed by atoms with van der Waals surface area (Å²) in [6.07, 6.45) is 3.23. The molecule has 2 nitrogen and oxygen atoms in total. The van der Waals surface area contributed by atoms with Crippen molar-refractivity contribution >= 4 is 0 Å². The van der Waals surface area contributed by atoms with E-state index in [9.17, 15) is 5.11 Å². The fourth-order valence-corrected chi connectivity index (χ4v) is 2.97. The Bertz CT molecular complexity index is 629. The van der Waals surface area contributed by atoms with Crippen LogP contribution >= 0.6 is 0 Å². The van der Waals surface area contributed by atoms with Crippen molar-refractivity contribution in [3.63, 3.8) is 0 Å². The van der Waals surface area contributed by atoms with Crippen molar-refractivity contribution in [1.29, 1.82) is 0 Å². The van der Waals surface area contributed by atoms with E-state index in [2.05, 4.69) is 18.2 Å². The molecule has 0 radical (unpaired) electrons. The average Bonchev–Trinajstić information content (AvgIpc) is 2.45. The molecule has 0 aromatic heterocycles. The summed E-state index contributed by atoms with van der Waals surface area (Å²) in [6, 6.07) is 14.3. The third-order valence-corrected chi connectivity index (χ3v) is 4.48. The minimum absolute atomic E-state index is 0.639. The van der Waals surface area contributed by atoms with Crippen molar-refractivity contribution in [2.24, 2.45) is 0 Å². The monoisotopic (exact) mass is 282 g/mol. The van der Waals surface area contributed by atoms with Gasteiger partial charge in [-0.05, 0) is 48.9 Å². The Morgan fingerprint density at radius 1 is 1.14 bits per heavy atom. The zero-order valence-electron chi connectivity index (χ0n) is 12.7. The van der Waals surface area contributed by atoms with E-state index in [1.165, 1.54) is 24.8 Å². The second-order valence-corrected chi connectivity index (χ2v) is 5.95. The number of hydrogen-bond acceptors (Lipinski definition) is 2. The number of rotatable bonds is 4. The molecule has 110 valence electrons. The van der Waals surface area contributed by atoms with Crippen molar-refractivity contribution < 1.29 is 9.84 Å². The van der Waals surface area contributed by atoms with Gasteiger partial charge in [-0.1, -0.05) is 42.3 Å². The van der Waals surface area contributed by atoms with Crippen LogP contribution in [0, 0.1) is 6.92 Å². The SMILES string of the molecule is COc1ccc(C)cc1C(O)c1cccc(C2CCC2)c1. The Hall–Kier alpha value is -1.80. The van der Waals surface area contributed by atoms with Gasteiger partial charge in [-0.2, -0.15) is 0 Å². The van der Waals surface area contributed by atoms with E-state index in [4.69, 9.17) is 4.74 Å². The highest BCUT2D eigenvalue weighted by atomic mass is 16.5. The Balaban J connectivity index is 1.94. The van der Waals surface area contributed by atoms with Crippen molar-refractivity contribution in [3.05, 3.63) is 64.7 Å². The normalized spacial score (nSPS) is 16.3. The Morgan fingerprint density at radius 3 is 2.62 bits per heavy atom. The Kier molecular flexibility index (Phi) is 3.98. The Labute approximate surface area is 126 Å². The number of methoxy groups -OCH3 is 1. The lowest BCUT2D eigenvalue weighted by atomic mass is 9.79. The van der Waals surface area contributed by atoms with Crippen LogP contribution in [0.2, 0.25) is 0 Å². The first kappa shape index (κ1) is 14.2. The summed E-state index contributed by atoms with van der Waals surface area (Å²) >= 11 is 0. The van der Waals surface area contributed by atoms with Gasteiger partial charge in [-0.3, -0.25) is 0 Å². The van der Waals surface area contributed by atoms with Crippen LogP contribution < -0.4 is 4.74 Å². The molecule has 1 aliphatic carbocycles. The zero-order chi connectivity index (χ0) is 14.8. The number of aliphatic hydroxyl groups is 1. The molecule has 0 spiro atoms. The summed E-state index contributed by atoms with van der Waals surface area (Å²) < 4.78 is 5.39. The van der Waals surface area contributed by atoms with Crippen molar-refractivity contribution in [1.82, 2.24) is 0 Å². The van der Waals surface area contributed by atoms with Gasteiger partial charge in [0.2, 0.25) is 0 Å². The molecule has 2 aromatic rings. The summed E-state index contributed by atoms with van der Waals surface area (Å²) in [5.41, 5.74) is 4.26. The highest BCUT2D eigenvalue weighted by molar-refractivity contribution is 5.43. The standard InChI is InChI=1S/C19H22O2/c1-13-9-10-18(21-2)17(11-13)19(20)16-8-4-7-15(12-16)14-5-3-6-14/h4,7-12,14,19-20H,3,5-6H2,1-2H3. The predicted molar refractivity (Wildman–Crippen MR) is 84.8 cm³/mol. The van der Waals surface area contributed by atoms with E-state index in [0.29, 0.717) is 5.92 Å². The van der Waals surface area contributed by atoms with Crippen LogP contribution in [0.5, 0.6) is 5.75 Å². The minimum Gasteiger partial charge on any atom is -0.496 e. The topological polar surface area (TPSA) is 29.5 Å². The summed E-state index contributed by atoms with van der Waals surface area (Å²) in [5.74, 6) is 1.42. The molecule has 1 fully saturated rings. The van der Waals surface area contributed by atoms with Gasteiger partial charge < -0.3 is 9.84 Å². The van der Waals surface area contributed by atoms with Gasteiger partial charge in [-0.15, -0.1) is 0 Å². The molecule has 3 rings (SSSR count). The van der Waals surface area contributed by atoms with Crippen LogP contribution in [0.25, 0.3) is 0 Å². The molecule has 21 heavy (non-hydrogen) atoms. The second-order valence-electron chi connectivity index (χ2n) is 5.95. The number of aryl methyl sites for hydroxylation is 1. The number of hydrogen-bond donors (Lipinski definition) is 1. The third-order valence-electron chi connectivity index (χ3n) is 4.48. The molecule has 0 heterocycles. The molecule has 1 atom stereocenters. The molecule has 2 heteroatoms. The molecular weight excluding hydrogens is 260 g/mol. The van der Waals surface area contributed by atoms with Crippen molar-refractivity contribution in [2.45, 2.75) is 38.2 Å². The fourth-order valence-electron chi connectivity index (χ4n) is 2.97. The number of benzene rings is 2. The largest absolute Gasteiger partial charge is 0.496 e. The molecular formula is C19H22O2. The third kappa shape index (κ3) is 2.81. The van der Waals surface area contributed by atoms with E-state index in [0.717, 1.165) is 22.4 Å². The lowest BCUT2D eigenvalue weighted by molar-refractivity contribution is 0.214. The van der Waals surface area contributed by atoms with Crippen LogP contribution in [0.3, 0.4) is 0 Å². The lowest BCUT2D eigenvalue weighted by Gasteiger charge is -2.26. The first-order valence-electron chi connectivity index (χ1n) is 7.61. The van der Waals surface area contributed by atoms with E-state index in [1.807, 2.05) is 31.2 Å². The second kappa shape index (κ2) is 5.90. The molecule has 0 saturated heterocycles. The highest BCUT2D eigenvalue weighted by Gasteiger charge is 2.21. The van der Waals surface area contributed by atoms with Gasteiger partial charge >= 0.3 is 0 Å². The minimum atomic E-state index is -0.639. The van der Waals surface area contributed by atoms with E-state index in [-0.39, 0.29) is 0 Å². The first-order chi connectivity index (χ1) is 10.2. The zero-order valence-corrected chi connectivity index (χ0v) is 12.7. The molecule has 1 unspecified atom stereocenters. The maximum absolute atomic E-state index is 10.7. The highest BCUT2D eigenvalue weighted by Crippen LogP contribution is 2.38. The Morgan fingerprint density at radius 2 is 1.95 bits per heavy atom. The molecule has 1 aliphatic rings. The molecule has 1 N–H and O–H groups in total. The number of aliphatic hydroxyl groups excluding tert-OH is 1. The van der Waals surface area contributed by atoms with Gasteiger partial charge in [-0.25, -0.2) is 0 Å². The summed E-state index contributed by atoms with van der Waals surface area (Å²) in [6.45, 7) is 2.03. The fraction of sp³-hybridized carbons (Fsp3) is 0.368. The van der Waals surface area contributed by atoms with Crippen LogP contribution in [0.15, 0.2) is 42.5 Å². The molecule has 1 saturated carbocycles. The summed E-state index contributed by atoms with van der Waals surface area (Å²) in [7, 11) is 1.64. The van der Waals surface area contributed by atoms with Gasteiger partial charge in [0.1, 0.15) is 11.9 Å². The van der Waals surface area contributed by atoms with E-state index >= 15 is 0 Å².